The molecule has 1 N–H and O–H groups in total. The standard InChI is InChI=1S/C14H18ClN3S/c15-12-3-1-2-4-13(12)17-7-9-18(10-8-17)14(19)16-11-5-6-11/h1-4,11H,5-10H2,(H,16,19). The molecule has 1 aliphatic carbocycles. The van der Waals surface area contributed by atoms with Crippen LogP contribution < -0.4 is 10.2 Å². The number of hydrogen-bond acceptors (Lipinski definition) is 2. The van der Waals surface area contributed by atoms with Gasteiger partial charge in [-0.15, -0.1) is 0 Å². The second kappa shape index (κ2) is 5.55. The largest absolute Gasteiger partial charge is 0.367 e. The second-order valence-electron chi connectivity index (χ2n) is 5.15. The molecule has 1 saturated carbocycles. The van der Waals surface area contributed by atoms with Gasteiger partial charge in [-0.3, -0.25) is 0 Å². The molecule has 1 saturated heterocycles. The van der Waals surface area contributed by atoms with Crippen LogP contribution in [0.4, 0.5) is 5.69 Å². The van der Waals surface area contributed by atoms with Gasteiger partial charge in [-0.05, 0) is 37.2 Å². The number of para-hydroxylation sites is 1. The Labute approximate surface area is 124 Å². The summed E-state index contributed by atoms with van der Waals surface area (Å²) in [7, 11) is 0. The third-order valence-electron chi connectivity index (χ3n) is 3.66. The lowest BCUT2D eigenvalue weighted by molar-refractivity contribution is 0.380. The number of anilines is 1. The molecule has 0 spiro atoms. The Hall–Kier alpha value is -1.00. The van der Waals surface area contributed by atoms with Crippen molar-refractivity contribution in [2.75, 3.05) is 31.1 Å². The van der Waals surface area contributed by atoms with Gasteiger partial charge in [0.1, 0.15) is 0 Å². The zero-order chi connectivity index (χ0) is 13.2. The quantitative estimate of drug-likeness (QED) is 0.845. The molecule has 0 radical (unpaired) electrons. The van der Waals surface area contributed by atoms with Crippen LogP contribution in [0.5, 0.6) is 0 Å². The van der Waals surface area contributed by atoms with Crippen LogP contribution >= 0.6 is 23.8 Å². The molecule has 1 aliphatic heterocycles. The van der Waals surface area contributed by atoms with E-state index in [0.717, 1.165) is 42.0 Å². The SMILES string of the molecule is S=C(NC1CC1)N1CCN(c2ccccc2Cl)CC1. The van der Waals surface area contributed by atoms with Crippen LogP contribution in [0.2, 0.25) is 5.02 Å². The number of halogens is 1. The van der Waals surface area contributed by atoms with E-state index in [0.29, 0.717) is 6.04 Å². The summed E-state index contributed by atoms with van der Waals surface area (Å²) in [5.74, 6) is 0. The maximum atomic E-state index is 6.24. The van der Waals surface area contributed by atoms with Crippen molar-refractivity contribution in [1.29, 1.82) is 0 Å². The van der Waals surface area contributed by atoms with E-state index < -0.39 is 0 Å². The summed E-state index contributed by atoms with van der Waals surface area (Å²) in [6, 6.07) is 8.67. The molecule has 1 heterocycles. The van der Waals surface area contributed by atoms with Gasteiger partial charge in [0, 0.05) is 32.2 Å². The number of nitrogens with zero attached hydrogens (tertiary/aromatic N) is 2. The molecule has 2 aliphatic rings. The summed E-state index contributed by atoms with van der Waals surface area (Å²) in [6.45, 7) is 3.86. The minimum Gasteiger partial charge on any atom is -0.367 e. The Morgan fingerprint density at radius 2 is 1.84 bits per heavy atom. The molecular weight excluding hydrogens is 278 g/mol. The van der Waals surface area contributed by atoms with E-state index in [4.69, 9.17) is 23.8 Å². The summed E-state index contributed by atoms with van der Waals surface area (Å²) >= 11 is 11.7. The molecule has 102 valence electrons. The van der Waals surface area contributed by atoms with Gasteiger partial charge in [-0.1, -0.05) is 23.7 Å². The van der Waals surface area contributed by atoms with Gasteiger partial charge in [-0.25, -0.2) is 0 Å². The Bertz CT molecular complexity index is 468. The highest BCUT2D eigenvalue weighted by atomic mass is 35.5. The van der Waals surface area contributed by atoms with Crippen molar-refractivity contribution in [3.05, 3.63) is 29.3 Å². The highest BCUT2D eigenvalue weighted by Gasteiger charge is 2.26. The summed E-state index contributed by atoms with van der Waals surface area (Å²) in [6.07, 6.45) is 2.53. The molecule has 3 nitrogen and oxygen atoms in total. The second-order valence-corrected chi connectivity index (χ2v) is 5.94. The van der Waals surface area contributed by atoms with Crippen LogP contribution in [0.3, 0.4) is 0 Å². The maximum Gasteiger partial charge on any atom is 0.169 e. The lowest BCUT2D eigenvalue weighted by Crippen LogP contribution is -2.52. The lowest BCUT2D eigenvalue weighted by Gasteiger charge is -2.37. The van der Waals surface area contributed by atoms with E-state index in [1.807, 2.05) is 18.2 Å². The Morgan fingerprint density at radius 3 is 2.47 bits per heavy atom. The van der Waals surface area contributed by atoms with Gasteiger partial charge in [0.15, 0.2) is 5.11 Å². The molecule has 1 aromatic carbocycles. The fourth-order valence-electron chi connectivity index (χ4n) is 2.35. The molecule has 5 heteroatoms. The Kier molecular flexibility index (Phi) is 3.80. The third kappa shape index (κ3) is 3.12. The smallest absolute Gasteiger partial charge is 0.169 e. The Balaban J connectivity index is 1.57. The summed E-state index contributed by atoms with van der Waals surface area (Å²) in [5, 5.41) is 5.15. The van der Waals surface area contributed by atoms with E-state index >= 15 is 0 Å². The minimum atomic E-state index is 0.633. The fraction of sp³-hybridized carbons (Fsp3) is 0.500. The van der Waals surface area contributed by atoms with Crippen molar-refractivity contribution in [3.63, 3.8) is 0 Å². The average Bonchev–Trinajstić information content (AvgIpc) is 3.23. The molecule has 0 bridgehead atoms. The molecule has 3 rings (SSSR count). The molecule has 19 heavy (non-hydrogen) atoms. The first-order chi connectivity index (χ1) is 9.24. The lowest BCUT2D eigenvalue weighted by atomic mass is 10.2. The first-order valence-electron chi connectivity index (χ1n) is 6.79. The number of benzene rings is 1. The van der Waals surface area contributed by atoms with Crippen molar-refractivity contribution in [1.82, 2.24) is 10.2 Å². The van der Waals surface area contributed by atoms with E-state index in [1.165, 1.54) is 12.8 Å². The number of piperazine rings is 1. The third-order valence-corrected chi connectivity index (χ3v) is 4.36. The van der Waals surface area contributed by atoms with Crippen molar-refractivity contribution in [2.45, 2.75) is 18.9 Å². The average molecular weight is 296 g/mol. The van der Waals surface area contributed by atoms with Gasteiger partial charge < -0.3 is 15.1 Å². The Morgan fingerprint density at radius 1 is 1.16 bits per heavy atom. The number of rotatable bonds is 2. The number of nitrogens with one attached hydrogen (secondary N) is 1. The van der Waals surface area contributed by atoms with Crippen LogP contribution in [0.1, 0.15) is 12.8 Å². The van der Waals surface area contributed by atoms with Crippen LogP contribution in [0, 0.1) is 0 Å². The van der Waals surface area contributed by atoms with Gasteiger partial charge in [0.05, 0.1) is 10.7 Å². The first kappa shape index (κ1) is 13.0. The highest BCUT2D eigenvalue weighted by molar-refractivity contribution is 7.80. The fourth-order valence-corrected chi connectivity index (χ4v) is 2.96. The van der Waals surface area contributed by atoms with Crippen LogP contribution in [0.25, 0.3) is 0 Å². The predicted octanol–water partition coefficient (Wildman–Crippen LogP) is 2.50. The van der Waals surface area contributed by atoms with E-state index in [-0.39, 0.29) is 0 Å². The van der Waals surface area contributed by atoms with Crippen molar-refractivity contribution in [2.24, 2.45) is 0 Å². The molecule has 0 aromatic heterocycles. The molecule has 0 atom stereocenters. The zero-order valence-electron chi connectivity index (χ0n) is 10.8. The molecule has 1 aromatic rings. The number of hydrogen-bond donors (Lipinski definition) is 1. The maximum absolute atomic E-state index is 6.24. The monoisotopic (exact) mass is 295 g/mol. The van der Waals surface area contributed by atoms with Gasteiger partial charge in [0.2, 0.25) is 0 Å². The van der Waals surface area contributed by atoms with Crippen molar-refractivity contribution in [3.8, 4) is 0 Å². The number of thiocarbonyl (C=S) groups is 1. The van der Waals surface area contributed by atoms with Gasteiger partial charge >= 0.3 is 0 Å². The van der Waals surface area contributed by atoms with E-state index in [1.54, 1.807) is 0 Å². The van der Waals surface area contributed by atoms with Gasteiger partial charge in [-0.2, -0.15) is 0 Å². The molecule has 2 fully saturated rings. The highest BCUT2D eigenvalue weighted by Crippen LogP contribution is 2.26. The molecular formula is C14H18ClN3S. The van der Waals surface area contributed by atoms with Crippen LogP contribution in [-0.2, 0) is 0 Å². The zero-order valence-corrected chi connectivity index (χ0v) is 12.4. The summed E-state index contributed by atoms with van der Waals surface area (Å²) < 4.78 is 0. The minimum absolute atomic E-state index is 0.633. The molecule has 0 amide bonds. The van der Waals surface area contributed by atoms with E-state index in [9.17, 15) is 0 Å². The summed E-state index contributed by atoms with van der Waals surface area (Å²) in [4.78, 5) is 4.60. The van der Waals surface area contributed by atoms with E-state index in [2.05, 4.69) is 21.2 Å². The van der Waals surface area contributed by atoms with Crippen LogP contribution in [-0.4, -0.2) is 42.2 Å². The van der Waals surface area contributed by atoms with Gasteiger partial charge in [0.25, 0.3) is 0 Å². The normalized spacial score (nSPS) is 19.4. The first-order valence-corrected chi connectivity index (χ1v) is 7.57. The van der Waals surface area contributed by atoms with Crippen molar-refractivity contribution >= 4 is 34.6 Å². The van der Waals surface area contributed by atoms with Crippen LogP contribution in [0.15, 0.2) is 24.3 Å². The summed E-state index contributed by atoms with van der Waals surface area (Å²) in [5.41, 5.74) is 1.13. The predicted molar refractivity (Wildman–Crippen MR) is 84.0 cm³/mol. The van der Waals surface area contributed by atoms with Crippen molar-refractivity contribution < 1.29 is 0 Å². The topological polar surface area (TPSA) is 18.5 Å². The molecule has 0 unspecified atom stereocenters.